The van der Waals surface area contributed by atoms with Gasteiger partial charge in [0.05, 0.1) is 11.1 Å². The molecule has 0 atom stereocenters. The van der Waals surface area contributed by atoms with E-state index in [1.807, 2.05) is 23.1 Å². The van der Waals surface area contributed by atoms with Crippen molar-refractivity contribution >= 4 is 45.0 Å². The molecule has 1 amide bonds. The van der Waals surface area contributed by atoms with E-state index in [1.54, 1.807) is 29.3 Å². The SMILES string of the molecule is O=C(CCSCc1nc2sc3c(c2c(=O)[nH]1)CCC3)N1CCN(c2ccccn2)CC1. The number of aromatic nitrogens is 3. The van der Waals surface area contributed by atoms with Crippen molar-refractivity contribution in [3.63, 3.8) is 0 Å². The van der Waals surface area contributed by atoms with Crippen LogP contribution < -0.4 is 10.5 Å². The summed E-state index contributed by atoms with van der Waals surface area (Å²) in [5.41, 5.74) is 1.20. The molecule has 0 bridgehead atoms. The van der Waals surface area contributed by atoms with Crippen molar-refractivity contribution in [2.45, 2.75) is 31.4 Å². The lowest BCUT2D eigenvalue weighted by atomic mass is 10.2. The van der Waals surface area contributed by atoms with Gasteiger partial charge in [-0.05, 0) is 37.0 Å². The van der Waals surface area contributed by atoms with Crippen LogP contribution in [0.15, 0.2) is 29.2 Å². The van der Waals surface area contributed by atoms with Gasteiger partial charge in [0.2, 0.25) is 5.91 Å². The second-order valence-electron chi connectivity index (χ2n) is 7.91. The van der Waals surface area contributed by atoms with Crippen LogP contribution >= 0.6 is 23.1 Å². The van der Waals surface area contributed by atoms with Gasteiger partial charge in [-0.2, -0.15) is 11.8 Å². The lowest BCUT2D eigenvalue weighted by Gasteiger charge is -2.35. The van der Waals surface area contributed by atoms with Gasteiger partial charge in [0, 0.05) is 49.4 Å². The van der Waals surface area contributed by atoms with E-state index in [0.717, 1.165) is 67.2 Å². The summed E-state index contributed by atoms with van der Waals surface area (Å²) < 4.78 is 0. The van der Waals surface area contributed by atoms with Crippen LogP contribution in [0.4, 0.5) is 5.82 Å². The molecule has 5 rings (SSSR count). The maximum absolute atomic E-state index is 12.6. The van der Waals surface area contributed by atoms with E-state index in [2.05, 4.69) is 19.9 Å². The Kier molecular flexibility index (Phi) is 5.95. The molecule has 1 N–H and O–H groups in total. The van der Waals surface area contributed by atoms with E-state index in [-0.39, 0.29) is 11.5 Å². The molecule has 3 aromatic heterocycles. The van der Waals surface area contributed by atoms with Crippen molar-refractivity contribution in [3.05, 3.63) is 51.0 Å². The fraction of sp³-hybridized carbons (Fsp3) is 0.455. The number of carbonyl (C=O) groups is 1. The fourth-order valence-electron chi connectivity index (χ4n) is 4.33. The number of anilines is 1. The molecule has 1 aliphatic heterocycles. The Labute approximate surface area is 188 Å². The summed E-state index contributed by atoms with van der Waals surface area (Å²) in [6.45, 7) is 3.08. The minimum absolute atomic E-state index is 0.0122. The molecule has 1 aliphatic carbocycles. The molecule has 4 heterocycles. The Morgan fingerprint density at radius 2 is 2.06 bits per heavy atom. The third kappa shape index (κ3) is 4.34. The summed E-state index contributed by atoms with van der Waals surface area (Å²) >= 11 is 3.31. The number of thioether (sulfide) groups is 1. The topological polar surface area (TPSA) is 82.2 Å². The quantitative estimate of drug-likeness (QED) is 0.576. The Morgan fingerprint density at radius 1 is 1.19 bits per heavy atom. The zero-order valence-electron chi connectivity index (χ0n) is 17.3. The van der Waals surface area contributed by atoms with Crippen LogP contribution in [0, 0.1) is 0 Å². The molecule has 31 heavy (non-hydrogen) atoms. The second kappa shape index (κ2) is 9.00. The molecular weight excluding hydrogens is 430 g/mol. The van der Waals surface area contributed by atoms with Gasteiger partial charge in [0.25, 0.3) is 5.56 Å². The lowest BCUT2D eigenvalue weighted by Crippen LogP contribution is -2.49. The minimum atomic E-state index is -0.0122. The van der Waals surface area contributed by atoms with Gasteiger partial charge in [-0.15, -0.1) is 11.3 Å². The van der Waals surface area contributed by atoms with Crippen LogP contribution in [0.2, 0.25) is 0 Å². The van der Waals surface area contributed by atoms with E-state index < -0.39 is 0 Å². The Hall–Kier alpha value is -2.39. The Balaban J connectivity index is 1.09. The summed E-state index contributed by atoms with van der Waals surface area (Å²) in [6, 6.07) is 5.91. The number of aromatic amines is 1. The standard InChI is InChI=1S/C22H25N5O2S2/c28-19(27-11-9-26(10-12-27)18-6-1-2-8-23-18)7-13-30-14-17-24-21(29)20-15-4-3-5-16(15)31-22(20)25-17/h1-2,6,8H,3-5,7,9-14H2,(H,24,25,29). The van der Waals surface area contributed by atoms with Crippen LogP contribution in [0.3, 0.4) is 0 Å². The number of fused-ring (bicyclic) bond motifs is 3. The summed E-state index contributed by atoms with van der Waals surface area (Å²) in [7, 11) is 0. The lowest BCUT2D eigenvalue weighted by molar-refractivity contribution is -0.131. The monoisotopic (exact) mass is 455 g/mol. The Bertz CT molecular complexity index is 1140. The van der Waals surface area contributed by atoms with Crippen LogP contribution in [-0.2, 0) is 23.4 Å². The smallest absolute Gasteiger partial charge is 0.259 e. The number of H-pyrrole nitrogens is 1. The largest absolute Gasteiger partial charge is 0.353 e. The number of aryl methyl sites for hydroxylation is 2. The van der Waals surface area contributed by atoms with E-state index in [1.165, 1.54) is 10.4 Å². The number of thiophene rings is 1. The van der Waals surface area contributed by atoms with Gasteiger partial charge in [-0.1, -0.05) is 6.07 Å². The van der Waals surface area contributed by atoms with E-state index in [0.29, 0.717) is 18.0 Å². The molecule has 7 nitrogen and oxygen atoms in total. The van der Waals surface area contributed by atoms with Crippen LogP contribution in [0.1, 0.15) is 29.1 Å². The van der Waals surface area contributed by atoms with Crippen LogP contribution in [0.25, 0.3) is 10.2 Å². The van der Waals surface area contributed by atoms with Crippen molar-refractivity contribution < 1.29 is 4.79 Å². The fourth-order valence-corrected chi connectivity index (χ4v) is 6.40. The first-order chi connectivity index (χ1) is 15.2. The molecule has 0 unspecified atom stereocenters. The number of carbonyl (C=O) groups excluding carboxylic acids is 1. The molecule has 0 radical (unpaired) electrons. The van der Waals surface area contributed by atoms with Crippen LogP contribution in [-0.4, -0.2) is 57.7 Å². The number of nitrogens with zero attached hydrogens (tertiary/aromatic N) is 4. The normalized spacial score (nSPS) is 16.1. The molecule has 0 spiro atoms. The number of hydrogen-bond acceptors (Lipinski definition) is 7. The number of pyridine rings is 1. The predicted molar refractivity (Wildman–Crippen MR) is 126 cm³/mol. The molecule has 9 heteroatoms. The summed E-state index contributed by atoms with van der Waals surface area (Å²) in [5.74, 6) is 3.22. The highest BCUT2D eigenvalue weighted by atomic mass is 32.2. The van der Waals surface area contributed by atoms with E-state index in [9.17, 15) is 9.59 Å². The molecule has 0 aromatic carbocycles. The first kappa shape index (κ1) is 20.5. The number of nitrogens with one attached hydrogen (secondary N) is 1. The van der Waals surface area contributed by atoms with Gasteiger partial charge < -0.3 is 14.8 Å². The molecule has 1 fully saturated rings. The zero-order chi connectivity index (χ0) is 21.2. The molecular formula is C22H25N5O2S2. The van der Waals surface area contributed by atoms with Gasteiger partial charge in [-0.25, -0.2) is 9.97 Å². The molecule has 162 valence electrons. The summed E-state index contributed by atoms with van der Waals surface area (Å²) in [6.07, 6.45) is 5.51. The maximum atomic E-state index is 12.6. The number of amides is 1. The number of piperazine rings is 1. The highest BCUT2D eigenvalue weighted by Crippen LogP contribution is 2.34. The van der Waals surface area contributed by atoms with Gasteiger partial charge >= 0.3 is 0 Å². The maximum Gasteiger partial charge on any atom is 0.259 e. The third-order valence-corrected chi connectivity index (χ3v) is 8.08. The van der Waals surface area contributed by atoms with Crippen LogP contribution in [0.5, 0.6) is 0 Å². The third-order valence-electron chi connectivity index (χ3n) is 5.93. The van der Waals surface area contributed by atoms with Crippen molar-refractivity contribution in [2.75, 3.05) is 36.8 Å². The molecule has 0 saturated carbocycles. The van der Waals surface area contributed by atoms with Crippen molar-refractivity contribution in [1.82, 2.24) is 19.9 Å². The molecule has 3 aromatic rings. The van der Waals surface area contributed by atoms with Crippen molar-refractivity contribution in [2.24, 2.45) is 0 Å². The van der Waals surface area contributed by atoms with Gasteiger partial charge in [-0.3, -0.25) is 9.59 Å². The average Bonchev–Trinajstić information content (AvgIpc) is 3.38. The molecule has 2 aliphatic rings. The van der Waals surface area contributed by atoms with Gasteiger partial charge in [0.1, 0.15) is 16.5 Å². The van der Waals surface area contributed by atoms with E-state index >= 15 is 0 Å². The average molecular weight is 456 g/mol. The van der Waals surface area contributed by atoms with E-state index in [4.69, 9.17) is 0 Å². The summed E-state index contributed by atoms with van der Waals surface area (Å²) in [4.78, 5) is 43.5. The van der Waals surface area contributed by atoms with Gasteiger partial charge in [0.15, 0.2) is 0 Å². The minimum Gasteiger partial charge on any atom is -0.353 e. The predicted octanol–water partition coefficient (Wildman–Crippen LogP) is 2.84. The first-order valence-corrected chi connectivity index (χ1v) is 12.7. The molecule has 1 saturated heterocycles. The number of hydrogen-bond donors (Lipinski definition) is 1. The second-order valence-corrected chi connectivity index (χ2v) is 10.1. The number of rotatable bonds is 6. The highest BCUT2D eigenvalue weighted by molar-refractivity contribution is 7.98. The van der Waals surface area contributed by atoms with Crippen molar-refractivity contribution in [1.29, 1.82) is 0 Å². The Morgan fingerprint density at radius 3 is 2.87 bits per heavy atom. The highest BCUT2D eigenvalue weighted by Gasteiger charge is 2.22. The first-order valence-electron chi connectivity index (χ1n) is 10.7. The summed E-state index contributed by atoms with van der Waals surface area (Å²) in [5, 5.41) is 0.797. The zero-order valence-corrected chi connectivity index (χ0v) is 18.9. The van der Waals surface area contributed by atoms with Crippen molar-refractivity contribution in [3.8, 4) is 0 Å².